The van der Waals surface area contributed by atoms with Crippen LogP contribution >= 0.6 is 7.60 Å². The van der Waals surface area contributed by atoms with Gasteiger partial charge < -0.3 is 9.79 Å². The van der Waals surface area contributed by atoms with Crippen LogP contribution in [0.5, 0.6) is 0 Å². The average molecular weight is 239 g/mol. The Balaban J connectivity index is 2.32. The van der Waals surface area contributed by atoms with Crippen LogP contribution in [-0.2, 0) is 9.36 Å². The molecule has 2 N–H and O–H groups in total. The molecule has 6 heteroatoms. The summed E-state index contributed by atoms with van der Waals surface area (Å²) in [5.41, 5.74) is 0.961. The lowest BCUT2D eigenvalue weighted by Gasteiger charge is -2.22. The average Bonchev–Trinajstić information content (AvgIpc) is 2.14. The van der Waals surface area contributed by atoms with E-state index in [1.807, 2.05) is 0 Å². The third-order valence-electron chi connectivity index (χ3n) is 2.34. The zero-order chi connectivity index (χ0) is 11.8. The Bertz CT molecular complexity index is 495. The van der Waals surface area contributed by atoms with Gasteiger partial charge in [0.2, 0.25) is 0 Å². The Morgan fingerprint density at radius 1 is 1.38 bits per heavy atom. The van der Waals surface area contributed by atoms with Crippen molar-refractivity contribution in [1.82, 2.24) is 0 Å². The van der Waals surface area contributed by atoms with Crippen LogP contribution in [0, 0.1) is 5.92 Å². The molecule has 1 amide bonds. The predicted molar refractivity (Wildman–Crippen MR) is 59.2 cm³/mol. The summed E-state index contributed by atoms with van der Waals surface area (Å²) in [6, 6.07) is 0. The minimum Gasteiger partial charge on any atom is -0.324 e. The van der Waals surface area contributed by atoms with Crippen LogP contribution in [0.25, 0.3) is 0 Å². The van der Waals surface area contributed by atoms with Gasteiger partial charge in [-0.05, 0) is 11.6 Å². The second-order valence-corrected chi connectivity index (χ2v) is 5.28. The van der Waals surface area contributed by atoms with Crippen molar-refractivity contribution in [1.29, 1.82) is 0 Å². The molecular weight excluding hydrogens is 229 g/mol. The zero-order valence-electron chi connectivity index (χ0n) is 8.28. The van der Waals surface area contributed by atoms with E-state index < -0.39 is 19.7 Å². The fraction of sp³-hybridized carbons (Fsp3) is 0.200. The first-order chi connectivity index (χ1) is 7.46. The van der Waals surface area contributed by atoms with E-state index >= 15 is 0 Å². The van der Waals surface area contributed by atoms with Gasteiger partial charge in [-0.3, -0.25) is 9.36 Å². The molecule has 0 radical (unpaired) electrons. The number of dihydropyridines is 1. The van der Waals surface area contributed by atoms with E-state index in [9.17, 15) is 9.36 Å². The van der Waals surface area contributed by atoms with Gasteiger partial charge in [-0.2, -0.15) is 0 Å². The van der Waals surface area contributed by atoms with Gasteiger partial charge in [0.05, 0.1) is 11.9 Å². The Kier molecular flexibility index (Phi) is 2.76. The molecule has 0 saturated carbocycles. The number of hydrogen-bond acceptors (Lipinski definition) is 2. The smallest absolute Gasteiger partial charge is 0.324 e. The summed E-state index contributed by atoms with van der Waals surface area (Å²) in [6.45, 7) is 0. The van der Waals surface area contributed by atoms with Crippen LogP contribution in [0.2, 0.25) is 0 Å². The largest absolute Gasteiger partial charge is 0.329 e. The lowest BCUT2D eigenvalue weighted by Crippen LogP contribution is -2.22. The lowest BCUT2D eigenvalue weighted by atomic mass is 9.89. The van der Waals surface area contributed by atoms with Crippen LogP contribution in [0.3, 0.4) is 0 Å². The summed E-state index contributed by atoms with van der Waals surface area (Å²) in [5.74, 6) is -0.745. The maximum absolute atomic E-state index is 11.2. The number of hydrogen-bond donors (Lipinski definition) is 2. The maximum Gasteiger partial charge on any atom is 0.329 e. The quantitative estimate of drug-likeness (QED) is 0.698. The predicted octanol–water partition coefficient (Wildman–Crippen LogP) is 0.814. The van der Waals surface area contributed by atoms with Crippen molar-refractivity contribution >= 4 is 19.2 Å². The van der Waals surface area contributed by atoms with Gasteiger partial charge in [0.1, 0.15) is 0 Å². The molecule has 0 saturated heterocycles. The molecule has 2 rings (SSSR count). The highest BCUT2D eigenvalue weighted by Gasteiger charge is 2.28. The summed E-state index contributed by atoms with van der Waals surface area (Å²) in [6.07, 6.45) is 7.76. The topological polar surface area (TPSA) is 87.0 Å². The summed E-state index contributed by atoms with van der Waals surface area (Å²) in [7, 11) is -4.16. The molecule has 2 aliphatic rings. The molecule has 1 atom stereocenters. The van der Waals surface area contributed by atoms with Crippen molar-refractivity contribution in [2.75, 3.05) is 6.16 Å². The number of aliphatic imine (C=N–C) groups is 1. The van der Waals surface area contributed by atoms with Crippen molar-refractivity contribution in [3.8, 4) is 0 Å². The normalized spacial score (nSPS) is 23.9. The Morgan fingerprint density at radius 3 is 2.81 bits per heavy atom. The summed E-state index contributed by atoms with van der Waals surface area (Å²) >= 11 is 0. The standard InChI is InChI=1S/C10H10NO4P/c12-10-5-7(6-16(13,14)15)8-3-1-2-4-9(8)11-10/h1-5,8H,6H2,(H2,13,14,15). The van der Waals surface area contributed by atoms with Crippen molar-refractivity contribution in [2.45, 2.75) is 0 Å². The minimum absolute atomic E-state index is 0.282. The lowest BCUT2D eigenvalue weighted by molar-refractivity contribution is -0.113. The van der Waals surface area contributed by atoms with Gasteiger partial charge in [0.25, 0.3) is 5.91 Å². The fourth-order valence-corrected chi connectivity index (χ4v) is 2.51. The molecule has 0 fully saturated rings. The van der Waals surface area contributed by atoms with Crippen molar-refractivity contribution in [3.05, 3.63) is 36.0 Å². The number of rotatable bonds is 2. The van der Waals surface area contributed by atoms with Crippen LogP contribution in [0.1, 0.15) is 0 Å². The first kappa shape index (κ1) is 11.2. The molecule has 1 unspecified atom stereocenters. The number of nitrogens with zero attached hydrogens (tertiary/aromatic N) is 1. The van der Waals surface area contributed by atoms with Crippen molar-refractivity contribution in [2.24, 2.45) is 10.9 Å². The molecule has 0 bridgehead atoms. The molecule has 0 aromatic carbocycles. The van der Waals surface area contributed by atoms with Crippen molar-refractivity contribution < 1.29 is 19.1 Å². The van der Waals surface area contributed by atoms with E-state index in [0.717, 1.165) is 0 Å². The molecule has 84 valence electrons. The van der Waals surface area contributed by atoms with E-state index in [1.165, 1.54) is 6.08 Å². The number of carbonyl (C=O) groups is 1. The number of amides is 1. The Hall–Kier alpha value is -1.29. The molecule has 5 nitrogen and oxygen atoms in total. The second kappa shape index (κ2) is 3.94. The van der Waals surface area contributed by atoms with Crippen LogP contribution < -0.4 is 0 Å². The Morgan fingerprint density at radius 2 is 2.12 bits per heavy atom. The van der Waals surface area contributed by atoms with Gasteiger partial charge >= 0.3 is 7.60 Å². The van der Waals surface area contributed by atoms with Gasteiger partial charge in [-0.1, -0.05) is 18.2 Å². The third-order valence-corrected chi connectivity index (χ3v) is 3.11. The minimum atomic E-state index is -4.16. The number of fused-ring (bicyclic) bond motifs is 1. The highest BCUT2D eigenvalue weighted by molar-refractivity contribution is 7.52. The summed E-state index contributed by atoms with van der Waals surface area (Å²) in [4.78, 5) is 32.9. The molecule has 0 aromatic rings. The highest BCUT2D eigenvalue weighted by Crippen LogP contribution is 2.40. The Labute approximate surface area is 92.1 Å². The fourth-order valence-electron chi connectivity index (χ4n) is 1.74. The molecule has 1 aliphatic heterocycles. The van der Waals surface area contributed by atoms with Crippen LogP contribution in [0.15, 0.2) is 40.9 Å². The van der Waals surface area contributed by atoms with Crippen molar-refractivity contribution in [3.63, 3.8) is 0 Å². The maximum atomic E-state index is 11.2. The van der Waals surface area contributed by atoms with Gasteiger partial charge in [0.15, 0.2) is 0 Å². The number of allylic oxidation sites excluding steroid dienone is 5. The SMILES string of the molecule is O=C1C=C(CP(=O)(O)O)C2C=CC=CC2=N1. The number of carbonyl (C=O) groups excluding carboxylic acids is 1. The molecule has 0 aromatic heterocycles. The first-order valence-corrected chi connectivity index (χ1v) is 6.48. The first-order valence-electron chi connectivity index (χ1n) is 4.68. The molecule has 16 heavy (non-hydrogen) atoms. The molecule has 0 spiro atoms. The second-order valence-electron chi connectivity index (χ2n) is 3.64. The van der Waals surface area contributed by atoms with E-state index in [-0.39, 0.29) is 5.92 Å². The van der Waals surface area contributed by atoms with E-state index in [1.54, 1.807) is 24.3 Å². The summed E-state index contributed by atoms with van der Waals surface area (Å²) in [5, 5.41) is 0. The third kappa shape index (κ3) is 2.44. The van der Waals surface area contributed by atoms with Gasteiger partial charge in [0, 0.05) is 12.0 Å². The molecule has 1 heterocycles. The molecule has 1 aliphatic carbocycles. The van der Waals surface area contributed by atoms with Crippen LogP contribution in [-0.4, -0.2) is 27.6 Å². The highest BCUT2D eigenvalue weighted by atomic mass is 31.2. The monoisotopic (exact) mass is 239 g/mol. The van der Waals surface area contributed by atoms with Gasteiger partial charge in [-0.25, -0.2) is 4.99 Å². The van der Waals surface area contributed by atoms with E-state index in [0.29, 0.717) is 11.3 Å². The van der Waals surface area contributed by atoms with E-state index in [2.05, 4.69) is 4.99 Å². The summed E-state index contributed by atoms with van der Waals surface area (Å²) < 4.78 is 10.9. The molecular formula is C10H10NO4P. The van der Waals surface area contributed by atoms with Gasteiger partial charge in [-0.15, -0.1) is 0 Å². The van der Waals surface area contributed by atoms with Crippen LogP contribution in [0.4, 0.5) is 0 Å². The zero-order valence-corrected chi connectivity index (χ0v) is 9.17. The van der Waals surface area contributed by atoms with E-state index in [4.69, 9.17) is 9.79 Å².